The third kappa shape index (κ3) is 2.88. The van der Waals surface area contributed by atoms with Crippen LogP contribution < -0.4 is 4.72 Å². The normalized spacial score (nSPS) is 22.3. The summed E-state index contributed by atoms with van der Waals surface area (Å²) in [6, 6.07) is 0.542. The molecule has 1 unspecified atom stereocenters. The SMILES string of the molecule is CCCc1nc(S(=O)(=O)NC2CC2)c2n1C(CC)CCC2. The summed E-state index contributed by atoms with van der Waals surface area (Å²) >= 11 is 0. The molecule has 2 aliphatic rings. The minimum Gasteiger partial charge on any atom is -0.328 e. The lowest BCUT2D eigenvalue weighted by molar-refractivity contribution is 0.377. The Hall–Kier alpha value is -0.880. The van der Waals surface area contributed by atoms with Gasteiger partial charge < -0.3 is 4.57 Å². The zero-order chi connectivity index (χ0) is 15.0. The molecule has 0 spiro atoms. The van der Waals surface area contributed by atoms with Gasteiger partial charge in [0, 0.05) is 18.5 Å². The minimum absolute atomic E-state index is 0.132. The average Bonchev–Trinajstić information content (AvgIpc) is 3.17. The van der Waals surface area contributed by atoms with Crippen molar-refractivity contribution in [2.45, 2.75) is 82.3 Å². The molecule has 1 N–H and O–H groups in total. The number of rotatable bonds is 6. The van der Waals surface area contributed by atoms with Crippen LogP contribution in [0.4, 0.5) is 0 Å². The fraction of sp³-hybridized carbons (Fsp3) is 0.800. The van der Waals surface area contributed by atoms with Crippen LogP contribution in [0, 0.1) is 0 Å². The summed E-state index contributed by atoms with van der Waals surface area (Å²) in [5, 5.41) is 0.302. The molecule has 1 saturated carbocycles. The van der Waals surface area contributed by atoms with Gasteiger partial charge in [0.25, 0.3) is 10.0 Å². The highest BCUT2D eigenvalue weighted by Crippen LogP contribution is 2.34. The predicted octanol–water partition coefficient (Wildman–Crippen LogP) is 2.56. The quantitative estimate of drug-likeness (QED) is 0.878. The average molecular weight is 311 g/mol. The van der Waals surface area contributed by atoms with E-state index in [1.54, 1.807) is 0 Å². The molecule has 1 atom stereocenters. The second kappa shape index (κ2) is 5.72. The van der Waals surface area contributed by atoms with Gasteiger partial charge in [0.05, 0.1) is 5.69 Å². The standard InChI is InChI=1S/C15H25N3O2S/c1-3-6-14-16-15(21(19,20)17-11-9-10-11)13-8-5-7-12(4-2)18(13)14/h11-12,17H,3-10H2,1-2H3. The number of fused-ring (bicyclic) bond motifs is 1. The number of sulfonamides is 1. The molecule has 1 aromatic heterocycles. The van der Waals surface area contributed by atoms with Crippen LogP contribution in [0.25, 0.3) is 0 Å². The van der Waals surface area contributed by atoms with Crippen molar-refractivity contribution in [3.8, 4) is 0 Å². The molecule has 1 fully saturated rings. The van der Waals surface area contributed by atoms with Crippen molar-refractivity contribution in [1.29, 1.82) is 0 Å². The molecule has 118 valence electrons. The van der Waals surface area contributed by atoms with Crippen molar-refractivity contribution >= 4 is 10.0 Å². The fourth-order valence-electron chi connectivity index (χ4n) is 3.27. The Labute approximate surface area is 127 Å². The van der Waals surface area contributed by atoms with E-state index in [0.29, 0.717) is 11.1 Å². The van der Waals surface area contributed by atoms with E-state index in [1.807, 2.05) is 0 Å². The van der Waals surface area contributed by atoms with Crippen molar-refractivity contribution in [2.24, 2.45) is 0 Å². The molecule has 6 heteroatoms. The van der Waals surface area contributed by atoms with Crippen LogP contribution in [0.3, 0.4) is 0 Å². The molecule has 0 aromatic carbocycles. The highest BCUT2D eigenvalue weighted by atomic mass is 32.2. The number of nitrogens with zero attached hydrogens (tertiary/aromatic N) is 2. The van der Waals surface area contributed by atoms with Crippen LogP contribution in [-0.4, -0.2) is 24.0 Å². The van der Waals surface area contributed by atoms with Crippen LogP contribution in [-0.2, 0) is 22.9 Å². The fourth-order valence-corrected chi connectivity index (χ4v) is 4.79. The molecule has 21 heavy (non-hydrogen) atoms. The number of nitrogens with one attached hydrogen (secondary N) is 1. The van der Waals surface area contributed by atoms with Gasteiger partial charge in [0.1, 0.15) is 5.82 Å². The predicted molar refractivity (Wildman–Crippen MR) is 81.8 cm³/mol. The molecule has 0 amide bonds. The van der Waals surface area contributed by atoms with E-state index in [9.17, 15) is 8.42 Å². The van der Waals surface area contributed by atoms with Crippen molar-refractivity contribution in [2.75, 3.05) is 0 Å². The maximum absolute atomic E-state index is 12.6. The lowest BCUT2D eigenvalue weighted by atomic mass is 10.0. The van der Waals surface area contributed by atoms with Gasteiger partial charge in [0.15, 0.2) is 5.03 Å². The van der Waals surface area contributed by atoms with Crippen molar-refractivity contribution in [1.82, 2.24) is 14.3 Å². The first-order valence-electron chi connectivity index (χ1n) is 8.19. The molecule has 1 aromatic rings. The number of hydrogen-bond donors (Lipinski definition) is 1. The maximum atomic E-state index is 12.6. The summed E-state index contributed by atoms with van der Waals surface area (Å²) in [5.41, 5.74) is 0.935. The number of aromatic nitrogens is 2. The molecule has 2 heterocycles. The largest absolute Gasteiger partial charge is 0.328 e. The van der Waals surface area contributed by atoms with Crippen molar-refractivity contribution < 1.29 is 8.42 Å². The molecular formula is C15H25N3O2S. The second-order valence-corrected chi connectivity index (χ2v) is 7.88. The zero-order valence-corrected chi connectivity index (χ0v) is 13.7. The van der Waals surface area contributed by atoms with Gasteiger partial charge in [-0.05, 0) is 44.9 Å². The Balaban J connectivity index is 2.04. The molecule has 3 rings (SSSR count). The minimum atomic E-state index is -3.45. The Morgan fingerprint density at radius 2 is 2.05 bits per heavy atom. The zero-order valence-electron chi connectivity index (χ0n) is 12.9. The van der Waals surface area contributed by atoms with E-state index in [1.165, 1.54) is 0 Å². The third-order valence-corrected chi connectivity index (χ3v) is 5.94. The van der Waals surface area contributed by atoms with Crippen LogP contribution in [0.15, 0.2) is 5.03 Å². The van der Waals surface area contributed by atoms with Gasteiger partial charge >= 0.3 is 0 Å². The molecule has 0 radical (unpaired) electrons. The summed E-state index contributed by atoms with van der Waals surface area (Å²) in [6.45, 7) is 4.29. The molecule has 0 bridgehead atoms. The van der Waals surface area contributed by atoms with E-state index in [2.05, 4.69) is 28.1 Å². The molecule has 0 saturated heterocycles. The Morgan fingerprint density at radius 3 is 2.67 bits per heavy atom. The molecule has 1 aliphatic carbocycles. The summed E-state index contributed by atoms with van der Waals surface area (Å²) in [6.07, 6.45) is 7.80. The highest BCUT2D eigenvalue weighted by molar-refractivity contribution is 7.89. The van der Waals surface area contributed by atoms with Crippen molar-refractivity contribution in [3.05, 3.63) is 11.5 Å². The molecule has 1 aliphatic heterocycles. The van der Waals surface area contributed by atoms with E-state index in [4.69, 9.17) is 0 Å². The maximum Gasteiger partial charge on any atom is 0.260 e. The topological polar surface area (TPSA) is 64.0 Å². The number of hydrogen-bond acceptors (Lipinski definition) is 3. The summed E-state index contributed by atoms with van der Waals surface area (Å²) in [5.74, 6) is 0.954. The van der Waals surface area contributed by atoms with Gasteiger partial charge in [-0.15, -0.1) is 0 Å². The molecule has 5 nitrogen and oxygen atoms in total. The third-order valence-electron chi connectivity index (χ3n) is 4.46. The summed E-state index contributed by atoms with van der Waals surface area (Å²) in [7, 11) is -3.45. The second-order valence-electron chi connectivity index (χ2n) is 6.25. The molecular weight excluding hydrogens is 286 g/mol. The van der Waals surface area contributed by atoms with Gasteiger partial charge in [-0.2, -0.15) is 0 Å². The first kappa shape index (κ1) is 15.0. The van der Waals surface area contributed by atoms with E-state index >= 15 is 0 Å². The monoisotopic (exact) mass is 311 g/mol. The highest BCUT2D eigenvalue weighted by Gasteiger charge is 2.35. The van der Waals surface area contributed by atoms with E-state index in [-0.39, 0.29) is 6.04 Å². The first-order chi connectivity index (χ1) is 10.1. The lowest BCUT2D eigenvalue weighted by Crippen LogP contribution is -2.28. The summed E-state index contributed by atoms with van der Waals surface area (Å²) < 4.78 is 30.2. The van der Waals surface area contributed by atoms with Crippen LogP contribution in [0.2, 0.25) is 0 Å². The van der Waals surface area contributed by atoms with E-state index in [0.717, 1.165) is 62.9 Å². The van der Waals surface area contributed by atoms with Gasteiger partial charge in [-0.3, -0.25) is 0 Å². The Kier molecular flexibility index (Phi) is 4.10. The van der Waals surface area contributed by atoms with Crippen LogP contribution >= 0.6 is 0 Å². The number of imidazole rings is 1. The first-order valence-corrected chi connectivity index (χ1v) is 9.67. The van der Waals surface area contributed by atoms with E-state index < -0.39 is 10.0 Å². The Bertz CT molecular complexity index is 617. The lowest BCUT2D eigenvalue weighted by Gasteiger charge is -2.26. The number of aryl methyl sites for hydroxylation is 1. The smallest absolute Gasteiger partial charge is 0.260 e. The van der Waals surface area contributed by atoms with Crippen LogP contribution in [0.5, 0.6) is 0 Å². The van der Waals surface area contributed by atoms with Crippen molar-refractivity contribution in [3.63, 3.8) is 0 Å². The van der Waals surface area contributed by atoms with Gasteiger partial charge in [-0.1, -0.05) is 13.8 Å². The Morgan fingerprint density at radius 1 is 1.29 bits per heavy atom. The van der Waals surface area contributed by atoms with Gasteiger partial charge in [-0.25, -0.2) is 18.1 Å². The summed E-state index contributed by atoms with van der Waals surface area (Å²) in [4.78, 5) is 4.54. The van der Waals surface area contributed by atoms with Gasteiger partial charge in [0.2, 0.25) is 0 Å². The van der Waals surface area contributed by atoms with Crippen LogP contribution in [0.1, 0.15) is 69.9 Å².